The van der Waals surface area contributed by atoms with Crippen LogP contribution in [0, 0.1) is 0 Å². The van der Waals surface area contributed by atoms with E-state index in [1.165, 1.54) is 6.92 Å². The van der Waals surface area contributed by atoms with E-state index in [4.69, 9.17) is 4.74 Å². The number of nitrogens with one attached hydrogen (secondary N) is 2. The van der Waals surface area contributed by atoms with Crippen molar-refractivity contribution >= 4 is 24.4 Å². The third-order valence-electron chi connectivity index (χ3n) is 2.90. The van der Waals surface area contributed by atoms with Crippen LogP contribution in [-0.4, -0.2) is 67.4 Å². The zero-order valence-corrected chi connectivity index (χ0v) is 12.4. The lowest BCUT2D eigenvalue weighted by Crippen LogP contribution is -2.52. The lowest BCUT2D eigenvalue weighted by atomic mass is 10.2. The molecule has 2 atom stereocenters. The van der Waals surface area contributed by atoms with Crippen LogP contribution < -0.4 is 10.6 Å². The molecule has 1 fully saturated rings. The van der Waals surface area contributed by atoms with E-state index >= 15 is 0 Å². The average molecular weight is 289 g/mol. The number of rotatable bonds is 6. The second-order valence-corrected chi connectivity index (χ2v) is 5.12. The van der Waals surface area contributed by atoms with Crippen molar-refractivity contribution in [3.05, 3.63) is 0 Å². The molecule has 110 valence electrons. The minimum atomic E-state index is -0.576. The summed E-state index contributed by atoms with van der Waals surface area (Å²) in [6, 6.07) is -0.547. The molecule has 1 heterocycles. The Bertz CT molecular complexity index is 309. The molecule has 2 amide bonds. The second-order valence-electron chi connectivity index (χ2n) is 4.76. The van der Waals surface area contributed by atoms with Crippen LogP contribution in [0.1, 0.15) is 13.8 Å². The molecular weight excluding hydrogens is 266 g/mol. The highest BCUT2D eigenvalue weighted by atomic mass is 32.1. The van der Waals surface area contributed by atoms with Gasteiger partial charge in [-0.25, -0.2) is 0 Å². The van der Waals surface area contributed by atoms with Crippen molar-refractivity contribution in [2.24, 2.45) is 0 Å². The van der Waals surface area contributed by atoms with Crippen molar-refractivity contribution in [3.8, 4) is 0 Å². The molecule has 0 radical (unpaired) electrons. The Morgan fingerprint density at radius 2 is 1.95 bits per heavy atom. The van der Waals surface area contributed by atoms with E-state index in [2.05, 4.69) is 28.2 Å². The molecule has 0 aromatic carbocycles. The first-order valence-electron chi connectivity index (χ1n) is 6.51. The maximum atomic E-state index is 11.9. The van der Waals surface area contributed by atoms with E-state index in [9.17, 15) is 9.59 Å². The molecule has 0 aromatic rings. The molecule has 7 heteroatoms. The molecule has 1 saturated heterocycles. The molecule has 6 nitrogen and oxygen atoms in total. The number of thiol groups is 1. The van der Waals surface area contributed by atoms with Crippen molar-refractivity contribution in [3.63, 3.8) is 0 Å². The summed E-state index contributed by atoms with van der Waals surface area (Å²) in [6.45, 7) is 7.40. The maximum Gasteiger partial charge on any atom is 0.243 e. The zero-order chi connectivity index (χ0) is 14.3. The van der Waals surface area contributed by atoms with Gasteiger partial charge in [0.25, 0.3) is 0 Å². The highest BCUT2D eigenvalue weighted by molar-refractivity contribution is 7.80. The number of ether oxygens (including phenoxy) is 1. The molecule has 2 unspecified atom stereocenters. The second kappa shape index (κ2) is 8.39. The smallest absolute Gasteiger partial charge is 0.243 e. The minimum absolute atomic E-state index is 0.0294. The van der Waals surface area contributed by atoms with Crippen molar-refractivity contribution in [2.75, 3.05) is 38.6 Å². The topological polar surface area (TPSA) is 70.7 Å². The normalized spacial score (nSPS) is 19.5. The maximum absolute atomic E-state index is 11.9. The van der Waals surface area contributed by atoms with E-state index in [0.717, 1.165) is 32.8 Å². The van der Waals surface area contributed by atoms with Crippen LogP contribution in [0.3, 0.4) is 0 Å². The lowest BCUT2D eigenvalue weighted by Gasteiger charge is -2.30. The Morgan fingerprint density at radius 1 is 1.32 bits per heavy atom. The first-order valence-corrected chi connectivity index (χ1v) is 7.14. The first-order chi connectivity index (χ1) is 9.02. The van der Waals surface area contributed by atoms with Crippen LogP contribution in [0.5, 0.6) is 0 Å². The van der Waals surface area contributed by atoms with Crippen molar-refractivity contribution in [1.29, 1.82) is 0 Å². The monoisotopic (exact) mass is 289 g/mol. The Kier molecular flexibility index (Phi) is 7.19. The lowest BCUT2D eigenvalue weighted by molar-refractivity contribution is -0.128. The van der Waals surface area contributed by atoms with Gasteiger partial charge in [0, 0.05) is 38.4 Å². The first kappa shape index (κ1) is 16.3. The summed E-state index contributed by atoms with van der Waals surface area (Å²) in [7, 11) is 0. The van der Waals surface area contributed by atoms with Crippen LogP contribution in [0.2, 0.25) is 0 Å². The summed E-state index contributed by atoms with van der Waals surface area (Å²) in [4.78, 5) is 25.2. The number of nitrogens with zero attached hydrogens (tertiary/aromatic N) is 1. The molecular formula is C12H23N3O3S. The predicted molar refractivity (Wildman–Crippen MR) is 76.3 cm³/mol. The highest BCUT2D eigenvalue weighted by Crippen LogP contribution is 1.99. The van der Waals surface area contributed by atoms with Gasteiger partial charge in [-0.1, -0.05) is 0 Å². The number of hydrogen-bond donors (Lipinski definition) is 3. The van der Waals surface area contributed by atoms with Crippen molar-refractivity contribution in [2.45, 2.75) is 25.9 Å². The van der Waals surface area contributed by atoms with Gasteiger partial charge in [0.1, 0.15) is 6.04 Å². The Hall–Kier alpha value is -0.790. The minimum Gasteiger partial charge on any atom is -0.379 e. The van der Waals surface area contributed by atoms with Crippen LogP contribution >= 0.6 is 12.6 Å². The quantitative estimate of drug-likeness (QED) is 0.563. The van der Waals surface area contributed by atoms with Crippen LogP contribution in [0.4, 0.5) is 0 Å². The molecule has 0 aliphatic carbocycles. The fraction of sp³-hybridized carbons (Fsp3) is 0.833. The molecule has 0 saturated carbocycles. The summed E-state index contributed by atoms with van der Waals surface area (Å²) < 4.78 is 5.28. The predicted octanol–water partition coefficient (Wildman–Crippen LogP) is -0.742. The molecule has 0 bridgehead atoms. The molecule has 0 aromatic heterocycles. The summed E-state index contributed by atoms with van der Waals surface area (Å²) in [5.41, 5.74) is 0. The average Bonchev–Trinajstić information content (AvgIpc) is 2.36. The third kappa shape index (κ3) is 6.26. The zero-order valence-electron chi connectivity index (χ0n) is 11.5. The van der Waals surface area contributed by atoms with E-state index in [0.29, 0.717) is 0 Å². The van der Waals surface area contributed by atoms with E-state index < -0.39 is 6.04 Å². The molecule has 19 heavy (non-hydrogen) atoms. The fourth-order valence-corrected chi connectivity index (χ4v) is 2.26. The third-order valence-corrected chi connectivity index (χ3v) is 3.27. The molecule has 1 rings (SSSR count). The van der Waals surface area contributed by atoms with E-state index in [1.807, 2.05) is 6.92 Å². The Balaban J connectivity index is 2.34. The standard InChI is InChI=1S/C12H23N3O3S/c1-9(7-15-3-5-18-6-4-15)13-12(17)11(8-19)14-10(2)16/h9,11,19H,3-8H2,1-2H3,(H,13,17)(H,14,16). The van der Waals surface area contributed by atoms with Crippen molar-refractivity contribution in [1.82, 2.24) is 15.5 Å². The fourth-order valence-electron chi connectivity index (χ4n) is 2.00. The van der Waals surface area contributed by atoms with E-state index in [1.54, 1.807) is 0 Å². The van der Waals surface area contributed by atoms with Gasteiger partial charge in [-0.2, -0.15) is 12.6 Å². The number of morpholine rings is 1. The van der Waals surface area contributed by atoms with Gasteiger partial charge in [-0.3, -0.25) is 14.5 Å². The highest BCUT2D eigenvalue weighted by Gasteiger charge is 2.21. The summed E-state index contributed by atoms with van der Waals surface area (Å²) in [5.74, 6) is -0.128. The van der Waals surface area contributed by atoms with Crippen molar-refractivity contribution < 1.29 is 14.3 Å². The largest absolute Gasteiger partial charge is 0.379 e. The Morgan fingerprint density at radius 3 is 2.47 bits per heavy atom. The van der Waals surface area contributed by atoms with Crippen LogP contribution in [0.15, 0.2) is 0 Å². The molecule has 1 aliphatic heterocycles. The van der Waals surface area contributed by atoms with E-state index in [-0.39, 0.29) is 23.6 Å². The van der Waals surface area contributed by atoms with Crippen LogP contribution in [-0.2, 0) is 14.3 Å². The van der Waals surface area contributed by atoms with Gasteiger partial charge in [0.05, 0.1) is 13.2 Å². The van der Waals surface area contributed by atoms with Gasteiger partial charge in [0.15, 0.2) is 0 Å². The SMILES string of the molecule is CC(=O)NC(CS)C(=O)NC(C)CN1CCOCC1. The van der Waals surface area contributed by atoms with Gasteiger partial charge >= 0.3 is 0 Å². The number of hydrogen-bond acceptors (Lipinski definition) is 5. The van der Waals surface area contributed by atoms with Gasteiger partial charge in [0.2, 0.25) is 11.8 Å². The Labute approximate surface area is 119 Å². The molecule has 2 N–H and O–H groups in total. The number of carbonyl (C=O) groups excluding carboxylic acids is 2. The van der Waals surface area contributed by atoms with Gasteiger partial charge in [-0.05, 0) is 6.92 Å². The van der Waals surface area contributed by atoms with Crippen LogP contribution in [0.25, 0.3) is 0 Å². The summed E-state index contributed by atoms with van der Waals surface area (Å²) >= 11 is 4.08. The van der Waals surface area contributed by atoms with Gasteiger partial charge in [-0.15, -0.1) is 0 Å². The summed E-state index contributed by atoms with van der Waals surface area (Å²) in [5, 5.41) is 5.48. The number of amides is 2. The molecule has 1 aliphatic rings. The van der Waals surface area contributed by atoms with Gasteiger partial charge < -0.3 is 15.4 Å². The summed E-state index contributed by atoms with van der Waals surface area (Å²) in [6.07, 6.45) is 0. The number of carbonyl (C=O) groups is 2. The molecule has 0 spiro atoms.